The molecule has 0 atom stereocenters. The van der Waals surface area contributed by atoms with Crippen molar-refractivity contribution in [3.63, 3.8) is 0 Å². The summed E-state index contributed by atoms with van der Waals surface area (Å²) in [4.78, 5) is 0. The second-order valence-corrected chi connectivity index (χ2v) is 4.42. The van der Waals surface area contributed by atoms with Gasteiger partial charge in [0.25, 0.3) is 0 Å². The lowest BCUT2D eigenvalue weighted by Gasteiger charge is -2.13. The molecule has 1 rings (SSSR count). The van der Waals surface area contributed by atoms with Gasteiger partial charge in [-0.1, -0.05) is 26.7 Å². The Bertz CT molecular complexity index is 310. The molecule has 84 valence electrons. The maximum Gasteiger partial charge on any atom is 0.141 e. The number of hydrogen-bond donors (Lipinski definition) is 0. The van der Waals surface area contributed by atoms with E-state index in [1.807, 2.05) is 0 Å². The van der Waals surface area contributed by atoms with E-state index >= 15 is 0 Å². The molecule has 0 amide bonds. The molecule has 0 N–H and O–H groups in total. The fourth-order valence-corrected chi connectivity index (χ4v) is 1.55. The van der Waals surface area contributed by atoms with Crippen molar-refractivity contribution >= 4 is 15.9 Å². The van der Waals surface area contributed by atoms with Crippen molar-refractivity contribution in [1.82, 2.24) is 0 Å². The van der Waals surface area contributed by atoms with Crippen LogP contribution in [0, 0.1) is 11.7 Å². The van der Waals surface area contributed by atoms with E-state index in [2.05, 4.69) is 29.8 Å². The van der Waals surface area contributed by atoms with Crippen molar-refractivity contribution in [2.24, 2.45) is 5.92 Å². The van der Waals surface area contributed by atoms with Crippen LogP contribution >= 0.6 is 15.9 Å². The first-order valence-electron chi connectivity index (χ1n) is 5.25. The van der Waals surface area contributed by atoms with Crippen molar-refractivity contribution in [2.45, 2.75) is 26.7 Å². The molecule has 0 aliphatic heterocycles. The van der Waals surface area contributed by atoms with Gasteiger partial charge in [-0.25, -0.2) is 4.39 Å². The molecule has 1 aromatic rings. The summed E-state index contributed by atoms with van der Waals surface area (Å²) in [6.07, 6.45) is 2.19. The second-order valence-electron chi connectivity index (χ2n) is 3.57. The molecule has 0 radical (unpaired) electrons. The summed E-state index contributed by atoms with van der Waals surface area (Å²) in [5.41, 5.74) is 0. The van der Waals surface area contributed by atoms with E-state index in [9.17, 15) is 4.39 Å². The zero-order valence-electron chi connectivity index (χ0n) is 9.09. The third kappa shape index (κ3) is 3.82. The van der Waals surface area contributed by atoms with E-state index in [0.29, 0.717) is 22.7 Å². The molecule has 0 aliphatic rings. The van der Waals surface area contributed by atoms with E-state index in [4.69, 9.17) is 4.74 Å². The van der Waals surface area contributed by atoms with Crippen molar-refractivity contribution in [3.8, 4) is 5.75 Å². The highest BCUT2D eigenvalue weighted by molar-refractivity contribution is 9.10. The van der Waals surface area contributed by atoms with Crippen molar-refractivity contribution in [1.29, 1.82) is 0 Å². The summed E-state index contributed by atoms with van der Waals surface area (Å²) in [6.45, 7) is 4.94. The molecule has 0 unspecified atom stereocenters. The zero-order chi connectivity index (χ0) is 11.3. The van der Waals surface area contributed by atoms with Gasteiger partial charge >= 0.3 is 0 Å². The Balaban J connectivity index is 2.54. The molecular formula is C12H16BrFO. The number of benzene rings is 1. The standard InChI is InChI=1S/C12H16BrFO/c1-3-9(4-2)8-15-10-5-6-11(13)12(14)7-10/h5-7,9H,3-4,8H2,1-2H3. The maximum atomic E-state index is 13.1. The van der Waals surface area contributed by atoms with E-state index in [0.717, 1.165) is 12.8 Å². The average Bonchev–Trinajstić information content (AvgIpc) is 2.24. The Morgan fingerprint density at radius 2 is 2.00 bits per heavy atom. The molecule has 3 heteroatoms. The van der Waals surface area contributed by atoms with Gasteiger partial charge < -0.3 is 4.74 Å². The second kappa shape index (κ2) is 6.11. The number of hydrogen-bond acceptors (Lipinski definition) is 1. The van der Waals surface area contributed by atoms with Gasteiger partial charge in [0.2, 0.25) is 0 Å². The van der Waals surface area contributed by atoms with E-state index in [1.54, 1.807) is 12.1 Å². The van der Waals surface area contributed by atoms with Crippen molar-refractivity contribution in [2.75, 3.05) is 6.61 Å². The largest absolute Gasteiger partial charge is 0.493 e. The first kappa shape index (κ1) is 12.5. The molecule has 0 saturated carbocycles. The summed E-state index contributed by atoms with van der Waals surface area (Å²) in [7, 11) is 0. The summed E-state index contributed by atoms with van der Waals surface area (Å²) < 4.78 is 19.1. The van der Waals surface area contributed by atoms with E-state index in [1.165, 1.54) is 6.07 Å². The van der Waals surface area contributed by atoms with Crippen LogP contribution in [0.3, 0.4) is 0 Å². The highest BCUT2D eigenvalue weighted by Crippen LogP contribution is 2.21. The summed E-state index contributed by atoms with van der Waals surface area (Å²) in [5, 5.41) is 0. The third-order valence-corrected chi connectivity index (χ3v) is 3.17. The molecule has 0 spiro atoms. The predicted octanol–water partition coefficient (Wildman–Crippen LogP) is 4.40. The molecule has 0 heterocycles. The van der Waals surface area contributed by atoms with Gasteiger partial charge in [0, 0.05) is 6.07 Å². The molecule has 0 aromatic heterocycles. The van der Waals surface area contributed by atoms with Crippen LogP contribution in [-0.2, 0) is 0 Å². The first-order chi connectivity index (χ1) is 7.17. The lowest BCUT2D eigenvalue weighted by Crippen LogP contribution is -2.10. The van der Waals surface area contributed by atoms with Crippen LogP contribution in [0.15, 0.2) is 22.7 Å². The number of rotatable bonds is 5. The molecule has 0 fully saturated rings. The number of ether oxygens (including phenoxy) is 1. The topological polar surface area (TPSA) is 9.23 Å². The van der Waals surface area contributed by atoms with Crippen LogP contribution in [0.2, 0.25) is 0 Å². The predicted molar refractivity (Wildman–Crippen MR) is 63.7 cm³/mol. The Labute approximate surface area is 98.8 Å². The average molecular weight is 275 g/mol. The van der Waals surface area contributed by atoms with Gasteiger partial charge in [-0.3, -0.25) is 0 Å². The molecule has 0 aliphatic carbocycles. The summed E-state index contributed by atoms with van der Waals surface area (Å²) in [6, 6.07) is 4.85. The minimum atomic E-state index is -0.281. The molecule has 0 bridgehead atoms. The quantitative estimate of drug-likeness (QED) is 0.773. The minimum absolute atomic E-state index is 0.281. The summed E-state index contributed by atoms with van der Waals surface area (Å²) in [5.74, 6) is 0.872. The fourth-order valence-electron chi connectivity index (χ4n) is 1.31. The highest BCUT2D eigenvalue weighted by atomic mass is 79.9. The fraction of sp³-hybridized carbons (Fsp3) is 0.500. The van der Waals surface area contributed by atoms with Crippen molar-refractivity contribution in [3.05, 3.63) is 28.5 Å². The van der Waals surface area contributed by atoms with Gasteiger partial charge in [-0.2, -0.15) is 0 Å². The van der Waals surface area contributed by atoms with E-state index < -0.39 is 0 Å². The van der Waals surface area contributed by atoms with Gasteiger partial charge in [0.05, 0.1) is 11.1 Å². The highest BCUT2D eigenvalue weighted by Gasteiger charge is 2.06. The van der Waals surface area contributed by atoms with Crippen LogP contribution in [-0.4, -0.2) is 6.61 Å². The smallest absolute Gasteiger partial charge is 0.141 e. The Kier molecular flexibility index (Phi) is 5.09. The zero-order valence-corrected chi connectivity index (χ0v) is 10.7. The number of halogens is 2. The monoisotopic (exact) mass is 274 g/mol. The molecule has 1 nitrogen and oxygen atoms in total. The van der Waals surface area contributed by atoms with E-state index in [-0.39, 0.29) is 5.82 Å². The van der Waals surface area contributed by atoms with Crippen LogP contribution < -0.4 is 4.74 Å². The summed E-state index contributed by atoms with van der Waals surface area (Å²) >= 11 is 3.11. The Morgan fingerprint density at radius 3 is 2.53 bits per heavy atom. The normalized spacial score (nSPS) is 10.7. The maximum absolute atomic E-state index is 13.1. The van der Waals surface area contributed by atoms with Gasteiger partial charge in [0.1, 0.15) is 11.6 Å². The Hall–Kier alpha value is -0.570. The first-order valence-corrected chi connectivity index (χ1v) is 6.04. The lowest BCUT2D eigenvalue weighted by molar-refractivity contribution is 0.239. The third-order valence-electron chi connectivity index (χ3n) is 2.53. The lowest BCUT2D eigenvalue weighted by atomic mass is 10.1. The van der Waals surface area contributed by atoms with Crippen LogP contribution in [0.5, 0.6) is 5.75 Å². The Morgan fingerprint density at radius 1 is 1.33 bits per heavy atom. The molecule has 0 saturated heterocycles. The SMILES string of the molecule is CCC(CC)COc1ccc(Br)c(F)c1. The molecule has 1 aromatic carbocycles. The van der Waals surface area contributed by atoms with Crippen LogP contribution in [0.1, 0.15) is 26.7 Å². The van der Waals surface area contributed by atoms with Crippen LogP contribution in [0.4, 0.5) is 4.39 Å². The van der Waals surface area contributed by atoms with Gasteiger partial charge in [-0.05, 0) is 34.0 Å². The van der Waals surface area contributed by atoms with Crippen LogP contribution in [0.25, 0.3) is 0 Å². The van der Waals surface area contributed by atoms with Gasteiger partial charge in [0.15, 0.2) is 0 Å². The minimum Gasteiger partial charge on any atom is -0.493 e. The molecule has 15 heavy (non-hydrogen) atoms. The molecular weight excluding hydrogens is 259 g/mol. The van der Waals surface area contributed by atoms with Gasteiger partial charge in [-0.15, -0.1) is 0 Å². The van der Waals surface area contributed by atoms with Crippen molar-refractivity contribution < 1.29 is 9.13 Å².